The zero-order valence-corrected chi connectivity index (χ0v) is 13.0. The molecule has 0 heterocycles. The fourth-order valence-corrected chi connectivity index (χ4v) is 2.69. The molecular formula is C22H19N. The minimum atomic E-state index is 0.987. The number of rotatable bonds is 5. The van der Waals surface area contributed by atoms with Crippen LogP contribution in [0.2, 0.25) is 0 Å². The summed E-state index contributed by atoms with van der Waals surface area (Å²) in [7, 11) is 0. The molecule has 3 rings (SSSR count). The van der Waals surface area contributed by atoms with Crippen molar-refractivity contribution in [1.29, 1.82) is 0 Å². The van der Waals surface area contributed by atoms with Crippen molar-refractivity contribution >= 4 is 22.1 Å². The van der Waals surface area contributed by atoms with Crippen LogP contribution in [0.5, 0.6) is 0 Å². The number of para-hydroxylation sites is 1. The zero-order chi connectivity index (χ0) is 16.1. The van der Waals surface area contributed by atoms with Gasteiger partial charge in [0, 0.05) is 17.1 Å². The maximum Gasteiger partial charge on any atom is 0.0467 e. The van der Waals surface area contributed by atoms with E-state index in [1.807, 2.05) is 30.4 Å². The van der Waals surface area contributed by atoms with Crippen molar-refractivity contribution in [3.8, 4) is 0 Å². The molecule has 0 saturated carbocycles. The lowest BCUT2D eigenvalue weighted by atomic mass is 10.1. The number of anilines is 2. The van der Waals surface area contributed by atoms with Gasteiger partial charge in [-0.25, -0.2) is 0 Å². The largest absolute Gasteiger partial charge is 0.311 e. The summed E-state index contributed by atoms with van der Waals surface area (Å²) in [4.78, 5) is 2.18. The molecule has 0 radical (unpaired) electrons. The molecule has 1 heteroatoms. The van der Waals surface area contributed by atoms with Gasteiger partial charge in [-0.2, -0.15) is 0 Å². The first kappa shape index (κ1) is 14.9. The molecule has 0 unspecified atom stereocenters. The molecule has 0 aliphatic heterocycles. The van der Waals surface area contributed by atoms with Gasteiger partial charge >= 0.3 is 0 Å². The molecule has 0 amide bonds. The van der Waals surface area contributed by atoms with Gasteiger partial charge in [-0.3, -0.25) is 0 Å². The summed E-state index contributed by atoms with van der Waals surface area (Å²) in [5, 5.41) is 2.45. The highest BCUT2D eigenvalue weighted by Crippen LogP contribution is 2.32. The molecule has 0 bridgehead atoms. The van der Waals surface area contributed by atoms with Crippen LogP contribution < -0.4 is 4.90 Å². The van der Waals surface area contributed by atoms with E-state index in [0.29, 0.717) is 0 Å². The Balaban J connectivity index is 2.18. The number of benzene rings is 3. The smallest absolute Gasteiger partial charge is 0.0467 e. The minimum absolute atomic E-state index is 0.987. The predicted molar refractivity (Wildman–Crippen MR) is 101 cm³/mol. The first-order chi connectivity index (χ1) is 11.3. The molecule has 0 atom stereocenters. The van der Waals surface area contributed by atoms with Gasteiger partial charge in [0.05, 0.1) is 0 Å². The average molecular weight is 297 g/mol. The molecule has 0 fully saturated rings. The molecule has 0 N–H and O–H groups in total. The second-order valence-electron chi connectivity index (χ2n) is 5.23. The molecule has 0 spiro atoms. The first-order valence-corrected chi connectivity index (χ1v) is 7.62. The Bertz CT molecular complexity index is 859. The third-order valence-corrected chi connectivity index (χ3v) is 3.76. The van der Waals surface area contributed by atoms with Crippen molar-refractivity contribution < 1.29 is 0 Å². The number of fused-ring (bicyclic) bond motifs is 1. The van der Waals surface area contributed by atoms with Crippen LogP contribution in [0, 0.1) is 0 Å². The number of hydrogen-bond acceptors (Lipinski definition) is 1. The highest BCUT2D eigenvalue weighted by atomic mass is 15.1. The maximum absolute atomic E-state index is 3.96. The second kappa shape index (κ2) is 6.80. The molecule has 0 aliphatic carbocycles. The van der Waals surface area contributed by atoms with Crippen LogP contribution in [0.3, 0.4) is 0 Å². The van der Waals surface area contributed by atoms with Gasteiger partial charge < -0.3 is 4.90 Å². The Morgan fingerprint density at radius 3 is 2.13 bits per heavy atom. The van der Waals surface area contributed by atoms with Gasteiger partial charge in [-0.05, 0) is 47.2 Å². The van der Waals surface area contributed by atoms with Crippen LogP contribution in [-0.4, -0.2) is 0 Å². The predicted octanol–water partition coefficient (Wildman–Crippen LogP) is 6.23. The van der Waals surface area contributed by atoms with E-state index in [-0.39, 0.29) is 0 Å². The highest BCUT2D eigenvalue weighted by molar-refractivity contribution is 5.87. The van der Waals surface area contributed by atoms with Crippen LogP contribution in [0.1, 0.15) is 0 Å². The number of allylic oxidation sites excluding steroid dienone is 3. The maximum atomic E-state index is 3.96. The lowest BCUT2D eigenvalue weighted by Gasteiger charge is -2.26. The molecular weight excluding hydrogens is 278 g/mol. The molecule has 1 nitrogen and oxygen atoms in total. The monoisotopic (exact) mass is 297 g/mol. The third kappa shape index (κ3) is 3.09. The topological polar surface area (TPSA) is 3.24 Å². The van der Waals surface area contributed by atoms with Crippen molar-refractivity contribution in [3.05, 3.63) is 110 Å². The quantitative estimate of drug-likeness (QED) is 0.504. The minimum Gasteiger partial charge on any atom is -0.311 e. The molecule has 0 saturated heterocycles. The van der Waals surface area contributed by atoms with Gasteiger partial charge in [0.1, 0.15) is 0 Å². The van der Waals surface area contributed by atoms with E-state index < -0.39 is 0 Å². The van der Waals surface area contributed by atoms with Crippen LogP contribution in [-0.2, 0) is 0 Å². The molecule has 23 heavy (non-hydrogen) atoms. The van der Waals surface area contributed by atoms with Crippen molar-refractivity contribution in [2.75, 3.05) is 4.90 Å². The lowest BCUT2D eigenvalue weighted by molar-refractivity contribution is 1.21. The fourth-order valence-electron chi connectivity index (χ4n) is 2.69. The fraction of sp³-hybridized carbons (Fsp3) is 0. The first-order valence-electron chi connectivity index (χ1n) is 7.62. The van der Waals surface area contributed by atoms with Crippen LogP contribution in [0.4, 0.5) is 11.4 Å². The molecule has 0 aliphatic rings. The SMILES string of the molecule is C=C/C=C(\C=C)N(c1ccccc1)c1ccc2ccccc2c1. The van der Waals surface area contributed by atoms with E-state index in [4.69, 9.17) is 0 Å². The van der Waals surface area contributed by atoms with Crippen molar-refractivity contribution in [2.24, 2.45) is 0 Å². The van der Waals surface area contributed by atoms with E-state index in [1.165, 1.54) is 10.8 Å². The lowest BCUT2D eigenvalue weighted by Crippen LogP contribution is -2.14. The number of nitrogens with zero attached hydrogens (tertiary/aromatic N) is 1. The zero-order valence-electron chi connectivity index (χ0n) is 13.0. The average Bonchev–Trinajstić information content (AvgIpc) is 2.62. The third-order valence-electron chi connectivity index (χ3n) is 3.76. The molecule has 0 aromatic heterocycles. The van der Waals surface area contributed by atoms with Gasteiger partial charge in [0.15, 0.2) is 0 Å². The van der Waals surface area contributed by atoms with Gasteiger partial charge in [0.2, 0.25) is 0 Å². The van der Waals surface area contributed by atoms with Crippen LogP contribution in [0.15, 0.2) is 110 Å². The Hall–Kier alpha value is -3.06. The highest BCUT2D eigenvalue weighted by Gasteiger charge is 2.12. The summed E-state index contributed by atoms with van der Waals surface area (Å²) in [5.74, 6) is 0. The Labute approximate surface area is 137 Å². The standard InChI is InChI=1S/C22H19N/c1-3-10-20(4-2)23(21-13-6-5-7-14-21)22-16-15-18-11-8-9-12-19(18)17-22/h3-17H,1-2H2/b20-10+. The second-order valence-corrected chi connectivity index (χ2v) is 5.23. The van der Waals surface area contributed by atoms with E-state index in [0.717, 1.165) is 17.1 Å². The summed E-state index contributed by atoms with van der Waals surface area (Å²) < 4.78 is 0. The van der Waals surface area contributed by atoms with E-state index >= 15 is 0 Å². The summed E-state index contributed by atoms with van der Waals surface area (Å²) in [6.07, 6.45) is 5.60. The summed E-state index contributed by atoms with van der Waals surface area (Å²) in [6.45, 7) is 7.77. The van der Waals surface area contributed by atoms with Gasteiger partial charge in [-0.15, -0.1) is 0 Å². The Morgan fingerprint density at radius 2 is 1.43 bits per heavy atom. The van der Waals surface area contributed by atoms with Crippen LogP contribution >= 0.6 is 0 Å². The normalized spacial score (nSPS) is 11.2. The summed E-state index contributed by atoms with van der Waals surface area (Å²) in [6, 6.07) is 25.1. The molecule has 112 valence electrons. The van der Waals surface area contributed by atoms with E-state index in [9.17, 15) is 0 Å². The molecule has 3 aromatic carbocycles. The van der Waals surface area contributed by atoms with Gasteiger partial charge in [-0.1, -0.05) is 67.8 Å². The van der Waals surface area contributed by atoms with E-state index in [1.54, 1.807) is 6.08 Å². The van der Waals surface area contributed by atoms with Crippen molar-refractivity contribution in [3.63, 3.8) is 0 Å². The van der Waals surface area contributed by atoms with Crippen molar-refractivity contribution in [1.82, 2.24) is 0 Å². The Morgan fingerprint density at radius 1 is 0.739 bits per heavy atom. The Kier molecular flexibility index (Phi) is 4.39. The summed E-state index contributed by atoms with van der Waals surface area (Å²) >= 11 is 0. The van der Waals surface area contributed by atoms with E-state index in [2.05, 4.69) is 72.7 Å². The number of hydrogen-bond donors (Lipinski definition) is 0. The summed E-state index contributed by atoms with van der Waals surface area (Å²) in [5.41, 5.74) is 3.18. The van der Waals surface area contributed by atoms with Crippen LogP contribution in [0.25, 0.3) is 10.8 Å². The van der Waals surface area contributed by atoms with Crippen molar-refractivity contribution in [2.45, 2.75) is 0 Å². The molecule has 3 aromatic rings. The van der Waals surface area contributed by atoms with Gasteiger partial charge in [0.25, 0.3) is 0 Å².